The van der Waals surface area contributed by atoms with Crippen LogP contribution in [0.3, 0.4) is 0 Å². The smallest absolute Gasteiger partial charge is 0.338 e. The summed E-state index contributed by atoms with van der Waals surface area (Å²) < 4.78 is 5.90. The maximum Gasteiger partial charge on any atom is 0.338 e. The average molecular weight is 403 g/mol. The molecule has 0 unspecified atom stereocenters. The molecule has 0 aliphatic heterocycles. The number of methoxy groups -OCH3 is 1. The van der Waals surface area contributed by atoms with E-state index >= 15 is 0 Å². The molecule has 134 valence electrons. The molecule has 0 aliphatic carbocycles. The zero-order chi connectivity index (χ0) is 19.0. The Labute approximate surface area is 159 Å². The van der Waals surface area contributed by atoms with Crippen LogP contribution in [0, 0.1) is 0 Å². The highest BCUT2D eigenvalue weighted by molar-refractivity contribution is 9.10. The van der Waals surface area contributed by atoms with Crippen LogP contribution in [0.5, 0.6) is 0 Å². The Kier molecular flexibility index (Phi) is 5.48. The molecule has 0 spiro atoms. The van der Waals surface area contributed by atoms with Gasteiger partial charge in [0.25, 0.3) is 0 Å². The normalized spacial score (nSPS) is 12.2. The number of carbonyl (C=O) groups excluding carboxylic acids is 1. The van der Waals surface area contributed by atoms with Gasteiger partial charge in [-0.05, 0) is 51.3 Å². The first kappa shape index (κ1) is 19.7. The van der Waals surface area contributed by atoms with Gasteiger partial charge in [-0.2, -0.15) is 0 Å². The molecule has 25 heavy (non-hydrogen) atoms. The van der Waals surface area contributed by atoms with Crippen molar-refractivity contribution in [3.63, 3.8) is 0 Å². The van der Waals surface area contributed by atoms with Gasteiger partial charge >= 0.3 is 5.97 Å². The number of carbonyl (C=O) groups is 1. The lowest BCUT2D eigenvalue weighted by atomic mass is 9.74. The van der Waals surface area contributed by atoms with Crippen LogP contribution < -0.4 is 0 Å². The van der Waals surface area contributed by atoms with Gasteiger partial charge in [0.2, 0.25) is 0 Å². The summed E-state index contributed by atoms with van der Waals surface area (Å²) in [7, 11) is 1.41. The van der Waals surface area contributed by atoms with E-state index in [1.165, 1.54) is 18.2 Å². The van der Waals surface area contributed by atoms with Crippen LogP contribution in [0.15, 0.2) is 40.9 Å². The van der Waals surface area contributed by atoms with Crippen molar-refractivity contribution in [3.8, 4) is 11.1 Å². The third-order valence-electron chi connectivity index (χ3n) is 4.33. The van der Waals surface area contributed by atoms with Crippen molar-refractivity contribution < 1.29 is 9.53 Å². The predicted molar refractivity (Wildman–Crippen MR) is 108 cm³/mol. The van der Waals surface area contributed by atoms with Crippen molar-refractivity contribution in [2.75, 3.05) is 7.11 Å². The third-order valence-corrected chi connectivity index (χ3v) is 4.83. The Morgan fingerprint density at radius 2 is 1.48 bits per heavy atom. The Morgan fingerprint density at radius 1 is 0.880 bits per heavy atom. The summed E-state index contributed by atoms with van der Waals surface area (Å²) in [6, 6.07) is 12.2. The van der Waals surface area contributed by atoms with Crippen LogP contribution in [0.4, 0.5) is 0 Å². The minimum Gasteiger partial charge on any atom is -0.465 e. The maximum atomic E-state index is 12.2. The standard InChI is InChI=1S/C22H27BrO2/c1-21(2,3)18-11-8-14(12-19(18)22(4,5)6)17-13-15(23)9-10-16(17)20(24)25-7/h8-13H,1-7H3. The molecule has 3 heteroatoms. The molecule has 0 amide bonds. The summed E-state index contributed by atoms with van der Waals surface area (Å²) in [5.41, 5.74) is 5.19. The van der Waals surface area contributed by atoms with E-state index in [1.54, 1.807) is 6.07 Å². The molecule has 0 saturated carbocycles. The van der Waals surface area contributed by atoms with E-state index in [4.69, 9.17) is 4.74 Å². The summed E-state index contributed by atoms with van der Waals surface area (Å²) in [5.74, 6) is -0.320. The quantitative estimate of drug-likeness (QED) is 0.535. The highest BCUT2D eigenvalue weighted by atomic mass is 79.9. The second-order valence-electron chi connectivity index (χ2n) is 8.44. The third kappa shape index (κ3) is 4.33. The lowest BCUT2D eigenvalue weighted by Crippen LogP contribution is -2.22. The number of hydrogen-bond acceptors (Lipinski definition) is 2. The van der Waals surface area contributed by atoms with Crippen molar-refractivity contribution in [2.45, 2.75) is 52.4 Å². The van der Waals surface area contributed by atoms with Crippen LogP contribution in [0.2, 0.25) is 0 Å². The molecule has 0 bridgehead atoms. The second kappa shape index (κ2) is 6.95. The Morgan fingerprint density at radius 3 is 2.00 bits per heavy atom. The van der Waals surface area contributed by atoms with E-state index in [2.05, 4.69) is 75.7 Å². The fraction of sp³-hybridized carbons (Fsp3) is 0.409. The minimum atomic E-state index is -0.320. The Bertz CT molecular complexity index is 793. The van der Waals surface area contributed by atoms with E-state index in [-0.39, 0.29) is 16.8 Å². The Hall–Kier alpha value is -1.61. The van der Waals surface area contributed by atoms with Crippen LogP contribution >= 0.6 is 15.9 Å². The minimum absolute atomic E-state index is 0.00998. The molecule has 0 fully saturated rings. The summed E-state index contributed by atoms with van der Waals surface area (Å²) in [5, 5.41) is 0. The monoisotopic (exact) mass is 402 g/mol. The fourth-order valence-electron chi connectivity index (χ4n) is 3.03. The molecule has 2 aromatic rings. The van der Waals surface area contributed by atoms with Crippen molar-refractivity contribution >= 4 is 21.9 Å². The van der Waals surface area contributed by atoms with Gasteiger partial charge < -0.3 is 4.74 Å². The molecular formula is C22H27BrO2. The van der Waals surface area contributed by atoms with Crippen LogP contribution in [-0.4, -0.2) is 13.1 Å². The zero-order valence-corrected chi connectivity index (χ0v) is 17.7. The van der Waals surface area contributed by atoms with Gasteiger partial charge in [0, 0.05) is 4.47 Å². The number of hydrogen-bond donors (Lipinski definition) is 0. The maximum absolute atomic E-state index is 12.2. The number of esters is 1. The summed E-state index contributed by atoms with van der Waals surface area (Å²) in [4.78, 5) is 12.2. The van der Waals surface area contributed by atoms with Gasteiger partial charge in [0.15, 0.2) is 0 Å². The molecule has 2 rings (SSSR count). The first-order chi connectivity index (χ1) is 11.4. The number of rotatable bonds is 2. The molecule has 2 nitrogen and oxygen atoms in total. The molecule has 0 aromatic heterocycles. The van der Waals surface area contributed by atoms with Gasteiger partial charge in [-0.15, -0.1) is 0 Å². The van der Waals surface area contributed by atoms with Crippen molar-refractivity contribution in [1.82, 2.24) is 0 Å². The highest BCUT2D eigenvalue weighted by Gasteiger charge is 2.26. The largest absolute Gasteiger partial charge is 0.465 e. The average Bonchev–Trinajstić information content (AvgIpc) is 2.51. The van der Waals surface area contributed by atoms with Crippen LogP contribution in [-0.2, 0) is 15.6 Å². The van der Waals surface area contributed by atoms with E-state index in [0.29, 0.717) is 5.56 Å². The molecule has 0 aliphatic rings. The van der Waals surface area contributed by atoms with E-state index in [0.717, 1.165) is 15.6 Å². The van der Waals surface area contributed by atoms with Gasteiger partial charge in [-0.25, -0.2) is 4.79 Å². The van der Waals surface area contributed by atoms with E-state index in [9.17, 15) is 4.79 Å². The number of benzene rings is 2. The van der Waals surface area contributed by atoms with Gasteiger partial charge in [-0.3, -0.25) is 0 Å². The first-order valence-corrected chi connectivity index (χ1v) is 9.27. The summed E-state index contributed by atoms with van der Waals surface area (Å²) in [6.45, 7) is 13.4. The second-order valence-corrected chi connectivity index (χ2v) is 9.36. The van der Waals surface area contributed by atoms with Gasteiger partial charge in [0.1, 0.15) is 0 Å². The van der Waals surface area contributed by atoms with E-state index in [1.807, 2.05) is 12.1 Å². The van der Waals surface area contributed by atoms with Crippen molar-refractivity contribution in [2.24, 2.45) is 0 Å². The lowest BCUT2D eigenvalue weighted by molar-refractivity contribution is 0.0601. The summed E-state index contributed by atoms with van der Waals surface area (Å²) in [6.07, 6.45) is 0. The molecule has 0 N–H and O–H groups in total. The molecule has 2 aromatic carbocycles. The predicted octanol–water partition coefficient (Wildman–Crippen LogP) is 6.50. The van der Waals surface area contributed by atoms with Gasteiger partial charge in [-0.1, -0.05) is 75.7 Å². The van der Waals surface area contributed by atoms with Crippen LogP contribution in [0.25, 0.3) is 11.1 Å². The topological polar surface area (TPSA) is 26.3 Å². The molecular weight excluding hydrogens is 376 g/mol. The number of ether oxygens (including phenoxy) is 1. The molecule has 0 atom stereocenters. The molecule has 0 radical (unpaired) electrons. The van der Waals surface area contributed by atoms with Crippen molar-refractivity contribution in [3.05, 3.63) is 57.6 Å². The SMILES string of the molecule is COC(=O)c1ccc(Br)cc1-c1ccc(C(C)(C)C)c(C(C)(C)C)c1. The Balaban J connectivity index is 2.74. The first-order valence-electron chi connectivity index (χ1n) is 8.48. The summed E-state index contributed by atoms with van der Waals surface area (Å²) >= 11 is 3.52. The van der Waals surface area contributed by atoms with Gasteiger partial charge in [0.05, 0.1) is 12.7 Å². The van der Waals surface area contributed by atoms with Crippen LogP contribution in [0.1, 0.15) is 63.0 Å². The molecule has 0 heterocycles. The molecule has 0 saturated heterocycles. The van der Waals surface area contributed by atoms with Crippen molar-refractivity contribution in [1.29, 1.82) is 0 Å². The fourth-order valence-corrected chi connectivity index (χ4v) is 3.39. The lowest BCUT2D eigenvalue weighted by Gasteiger charge is -2.31. The highest BCUT2D eigenvalue weighted by Crippen LogP contribution is 2.38. The zero-order valence-electron chi connectivity index (χ0n) is 16.2. The number of halogens is 1. The van der Waals surface area contributed by atoms with E-state index < -0.39 is 0 Å².